The number of nitrogens with two attached hydrogens (primary N) is 2. The zero-order valence-corrected chi connectivity index (χ0v) is 10.1. The van der Waals surface area contributed by atoms with E-state index in [0.717, 1.165) is 0 Å². The van der Waals surface area contributed by atoms with Gasteiger partial charge in [-0.1, -0.05) is 0 Å². The number of aromatic carboxylic acids is 2. The van der Waals surface area contributed by atoms with Gasteiger partial charge in [-0.05, 0) is 24.3 Å². The van der Waals surface area contributed by atoms with Crippen molar-refractivity contribution in [3.8, 4) is 11.4 Å². The Kier molecular flexibility index (Phi) is 3.21. The first-order valence-electron chi connectivity index (χ1n) is 5.39. The Bertz CT molecular complexity index is 653. The average molecular weight is 274 g/mol. The van der Waals surface area contributed by atoms with Crippen molar-refractivity contribution in [3.63, 3.8) is 0 Å². The summed E-state index contributed by atoms with van der Waals surface area (Å²) in [5.41, 5.74) is 11.3. The summed E-state index contributed by atoms with van der Waals surface area (Å²) in [6.45, 7) is 0. The Labute approximate surface area is 112 Å². The van der Waals surface area contributed by atoms with E-state index in [-0.39, 0.29) is 34.2 Å². The lowest BCUT2D eigenvalue weighted by atomic mass is 10.2. The molecule has 2 heterocycles. The fraction of sp³-hybridized carbons (Fsp3) is 0. The number of carboxylic acid groups (broad SMARTS) is 2. The summed E-state index contributed by atoms with van der Waals surface area (Å²) >= 11 is 0. The predicted octanol–water partition coefficient (Wildman–Crippen LogP) is 0.704. The summed E-state index contributed by atoms with van der Waals surface area (Å²) in [6, 6.07) is 5.16. The zero-order valence-electron chi connectivity index (χ0n) is 10.1. The molecule has 2 rings (SSSR count). The molecular formula is C12H10N4O4. The third-order valence-electron chi connectivity index (χ3n) is 2.40. The molecule has 0 bridgehead atoms. The third kappa shape index (κ3) is 2.64. The van der Waals surface area contributed by atoms with Crippen LogP contribution in [-0.2, 0) is 0 Å². The minimum absolute atomic E-state index is 0.136. The number of nitrogen functional groups attached to an aromatic ring is 2. The number of nitrogens with zero attached hydrogens (tertiary/aromatic N) is 2. The van der Waals surface area contributed by atoms with Crippen LogP contribution in [-0.4, -0.2) is 32.1 Å². The summed E-state index contributed by atoms with van der Waals surface area (Å²) in [6.07, 6.45) is 0. The largest absolute Gasteiger partial charge is 0.477 e. The second-order valence-electron chi connectivity index (χ2n) is 3.95. The summed E-state index contributed by atoms with van der Waals surface area (Å²) in [4.78, 5) is 29.6. The van der Waals surface area contributed by atoms with Gasteiger partial charge in [0.15, 0.2) is 11.4 Å². The first-order chi connectivity index (χ1) is 9.36. The maximum absolute atomic E-state index is 10.9. The van der Waals surface area contributed by atoms with Crippen LogP contribution in [0.4, 0.5) is 11.4 Å². The molecule has 0 saturated heterocycles. The van der Waals surface area contributed by atoms with Crippen LogP contribution >= 0.6 is 0 Å². The van der Waals surface area contributed by atoms with Crippen molar-refractivity contribution >= 4 is 23.3 Å². The smallest absolute Gasteiger partial charge is 0.354 e. The van der Waals surface area contributed by atoms with Crippen LogP contribution in [0.5, 0.6) is 0 Å². The summed E-state index contributed by atoms with van der Waals surface area (Å²) in [5, 5.41) is 17.8. The molecule has 0 fully saturated rings. The van der Waals surface area contributed by atoms with Crippen LogP contribution < -0.4 is 11.5 Å². The van der Waals surface area contributed by atoms with Gasteiger partial charge in [-0.25, -0.2) is 19.6 Å². The van der Waals surface area contributed by atoms with E-state index >= 15 is 0 Å². The van der Waals surface area contributed by atoms with E-state index in [2.05, 4.69) is 9.97 Å². The molecule has 6 N–H and O–H groups in total. The lowest BCUT2D eigenvalue weighted by Crippen LogP contribution is -2.06. The fourth-order valence-electron chi connectivity index (χ4n) is 1.58. The van der Waals surface area contributed by atoms with E-state index in [9.17, 15) is 9.59 Å². The van der Waals surface area contributed by atoms with Gasteiger partial charge in [-0.2, -0.15) is 0 Å². The summed E-state index contributed by atoms with van der Waals surface area (Å²) < 4.78 is 0. The predicted molar refractivity (Wildman–Crippen MR) is 70.2 cm³/mol. The van der Waals surface area contributed by atoms with Crippen molar-refractivity contribution in [2.45, 2.75) is 0 Å². The molecule has 0 aliphatic carbocycles. The molecule has 2 aromatic heterocycles. The number of carboxylic acids is 2. The van der Waals surface area contributed by atoms with Gasteiger partial charge in [0, 0.05) is 11.4 Å². The quantitative estimate of drug-likeness (QED) is 0.638. The highest BCUT2D eigenvalue weighted by atomic mass is 16.4. The number of rotatable bonds is 3. The Balaban J connectivity index is 2.62. The monoisotopic (exact) mass is 274 g/mol. The Morgan fingerprint density at radius 1 is 0.800 bits per heavy atom. The molecule has 0 amide bonds. The van der Waals surface area contributed by atoms with Crippen molar-refractivity contribution in [3.05, 3.63) is 35.7 Å². The molecule has 2 aromatic rings. The van der Waals surface area contributed by atoms with Crippen molar-refractivity contribution < 1.29 is 19.8 Å². The lowest BCUT2D eigenvalue weighted by molar-refractivity contribution is 0.0679. The van der Waals surface area contributed by atoms with Crippen molar-refractivity contribution in [2.24, 2.45) is 0 Å². The summed E-state index contributed by atoms with van der Waals surface area (Å²) in [5.74, 6) is -2.50. The maximum atomic E-state index is 10.9. The van der Waals surface area contributed by atoms with Crippen LogP contribution in [0.25, 0.3) is 11.4 Å². The highest BCUT2D eigenvalue weighted by Gasteiger charge is 2.13. The van der Waals surface area contributed by atoms with Crippen molar-refractivity contribution in [1.29, 1.82) is 0 Å². The molecule has 0 saturated carbocycles. The van der Waals surface area contributed by atoms with Gasteiger partial charge in [0.25, 0.3) is 0 Å². The van der Waals surface area contributed by atoms with Gasteiger partial charge in [0.05, 0.1) is 11.4 Å². The molecule has 0 atom stereocenters. The topological polar surface area (TPSA) is 152 Å². The first-order valence-corrected chi connectivity index (χ1v) is 5.39. The van der Waals surface area contributed by atoms with Crippen LogP contribution in [0.1, 0.15) is 21.0 Å². The van der Waals surface area contributed by atoms with Gasteiger partial charge >= 0.3 is 11.9 Å². The second-order valence-corrected chi connectivity index (χ2v) is 3.95. The standard InChI is InChI=1S/C12H10N4O4/c13-5-1-7(15-9(3-5)11(17)18)8-2-6(14)4-10(16-8)12(19)20/h1-4H,(H2,13,15)(H2,14,16)(H,17,18)(H,19,20). The Morgan fingerprint density at radius 2 is 1.15 bits per heavy atom. The van der Waals surface area contributed by atoms with Gasteiger partial charge in [-0.15, -0.1) is 0 Å². The van der Waals surface area contributed by atoms with Crippen LogP contribution in [0, 0.1) is 0 Å². The number of hydrogen-bond donors (Lipinski definition) is 4. The van der Waals surface area contributed by atoms with E-state index < -0.39 is 11.9 Å². The molecular weight excluding hydrogens is 264 g/mol. The number of hydrogen-bond acceptors (Lipinski definition) is 6. The average Bonchev–Trinajstić information content (AvgIpc) is 2.37. The van der Waals surface area contributed by atoms with Crippen LogP contribution in [0.3, 0.4) is 0 Å². The highest BCUT2D eigenvalue weighted by Crippen LogP contribution is 2.21. The molecule has 102 valence electrons. The Hall–Kier alpha value is -3.16. The van der Waals surface area contributed by atoms with Crippen LogP contribution in [0.2, 0.25) is 0 Å². The molecule has 0 unspecified atom stereocenters. The zero-order chi connectivity index (χ0) is 14.9. The molecule has 0 aliphatic heterocycles. The van der Waals surface area contributed by atoms with E-state index in [1.807, 2.05) is 0 Å². The van der Waals surface area contributed by atoms with E-state index in [1.54, 1.807) is 0 Å². The van der Waals surface area contributed by atoms with Gasteiger partial charge < -0.3 is 21.7 Å². The normalized spacial score (nSPS) is 10.2. The number of anilines is 2. The van der Waals surface area contributed by atoms with Crippen molar-refractivity contribution in [2.75, 3.05) is 11.5 Å². The minimum Gasteiger partial charge on any atom is -0.477 e. The third-order valence-corrected chi connectivity index (χ3v) is 2.40. The van der Waals surface area contributed by atoms with Gasteiger partial charge in [0.1, 0.15) is 0 Å². The molecule has 0 aromatic carbocycles. The Morgan fingerprint density at radius 3 is 1.45 bits per heavy atom. The van der Waals surface area contributed by atoms with E-state index in [4.69, 9.17) is 21.7 Å². The number of carbonyl (C=O) groups is 2. The molecule has 8 heteroatoms. The van der Waals surface area contributed by atoms with E-state index in [1.165, 1.54) is 24.3 Å². The molecule has 8 nitrogen and oxygen atoms in total. The molecule has 0 spiro atoms. The highest BCUT2D eigenvalue weighted by molar-refractivity contribution is 5.89. The van der Waals surface area contributed by atoms with E-state index in [0.29, 0.717) is 0 Å². The molecule has 0 aliphatic rings. The maximum Gasteiger partial charge on any atom is 0.354 e. The number of aromatic nitrogens is 2. The van der Waals surface area contributed by atoms with Gasteiger partial charge in [-0.3, -0.25) is 0 Å². The second kappa shape index (κ2) is 4.84. The summed E-state index contributed by atoms with van der Waals surface area (Å²) in [7, 11) is 0. The number of pyridine rings is 2. The molecule has 20 heavy (non-hydrogen) atoms. The SMILES string of the molecule is Nc1cc(C(=O)O)nc(-c2cc(N)cc(C(=O)O)n2)c1. The first kappa shape index (κ1) is 13.3. The fourth-order valence-corrected chi connectivity index (χ4v) is 1.58. The van der Waals surface area contributed by atoms with Crippen molar-refractivity contribution in [1.82, 2.24) is 9.97 Å². The minimum atomic E-state index is -1.25. The van der Waals surface area contributed by atoms with Gasteiger partial charge in [0.2, 0.25) is 0 Å². The lowest BCUT2D eigenvalue weighted by Gasteiger charge is -2.06. The van der Waals surface area contributed by atoms with Crippen LogP contribution in [0.15, 0.2) is 24.3 Å². The molecule has 0 radical (unpaired) electrons.